The number of anilines is 1. The number of pyridine rings is 1. The lowest BCUT2D eigenvalue weighted by Gasteiger charge is -2.18. The first kappa shape index (κ1) is 23.3. The molecule has 1 atom stereocenters. The van der Waals surface area contributed by atoms with Gasteiger partial charge in [0.25, 0.3) is 11.3 Å². The van der Waals surface area contributed by atoms with Crippen LogP contribution in [-0.4, -0.2) is 22.0 Å². The Morgan fingerprint density at radius 1 is 1.24 bits per heavy atom. The van der Waals surface area contributed by atoms with Crippen molar-refractivity contribution in [3.63, 3.8) is 0 Å². The number of hydrogen-bond acceptors (Lipinski definition) is 5. The van der Waals surface area contributed by atoms with E-state index in [2.05, 4.69) is 15.6 Å². The van der Waals surface area contributed by atoms with Crippen LogP contribution in [0.15, 0.2) is 59.7 Å². The third-order valence-corrected chi connectivity index (χ3v) is 5.70. The van der Waals surface area contributed by atoms with Gasteiger partial charge in [-0.3, -0.25) is 9.59 Å². The van der Waals surface area contributed by atoms with E-state index in [-0.39, 0.29) is 29.4 Å². The topological polar surface area (TPSA) is 103 Å². The minimum Gasteiger partial charge on any atom is -0.618 e. The van der Waals surface area contributed by atoms with Crippen molar-refractivity contribution in [2.75, 3.05) is 11.9 Å². The van der Waals surface area contributed by atoms with Crippen LogP contribution in [0.25, 0.3) is 0 Å². The highest BCUT2D eigenvalue weighted by atomic mass is 19.3. The Morgan fingerprint density at radius 3 is 2.76 bits per heavy atom. The molecule has 0 aliphatic carbocycles. The Bertz CT molecular complexity index is 1260. The van der Waals surface area contributed by atoms with E-state index in [0.717, 1.165) is 12.3 Å². The maximum Gasteiger partial charge on any atom is 0.347 e. The van der Waals surface area contributed by atoms with Crippen molar-refractivity contribution in [2.45, 2.75) is 37.8 Å². The molecule has 1 amide bonds. The second-order valence-electron chi connectivity index (χ2n) is 8.01. The van der Waals surface area contributed by atoms with Crippen molar-refractivity contribution in [2.24, 2.45) is 0 Å². The van der Waals surface area contributed by atoms with Gasteiger partial charge in [0.05, 0.1) is 6.54 Å². The minimum atomic E-state index is -3.55. The molecule has 0 spiro atoms. The van der Waals surface area contributed by atoms with E-state index in [1.807, 2.05) is 0 Å². The van der Waals surface area contributed by atoms with Crippen LogP contribution in [0.4, 0.5) is 19.0 Å². The molecule has 1 aliphatic rings. The summed E-state index contributed by atoms with van der Waals surface area (Å²) in [7, 11) is 0. The van der Waals surface area contributed by atoms with Gasteiger partial charge in [0.15, 0.2) is 12.0 Å². The van der Waals surface area contributed by atoms with Crippen LogP contribution in [-0.2, 0) is 23.7 Å². The first-order valence-electron chi connectivity index (χ1n) is 10.7. The Hall–Kier alpha value is -3.89. The van der Waals surface area contributed by atoms with Crippen molar-refractivity contribution in [3.05, 3.63) is 93.2 Å². The van der Waals surface area contributed by atoms with E-state index in [0.29, 0.717) is 24.1 Å². The molecule has 0 fully saturated rings. The van der Waals surface area contributed by atoms with Crippen molar-refractivity contribution in [3.8, 4) is 0 Å². The molecule has 0 saturated heterocycles. The fraction of sp³-hybridized carbons (Fsp3) is 0.304. The maximum atomic E-state index is 14.5. The second kappa shape index (κ2) is 9.54. The molecule has 0 saturated carbocycles. The van der Waals surface area contributed by atoms with Gasteiger partial charge in [-0.15, -0.1) is 0 Å². The average Bonchev–Trinajstić information content (AvgIpc) is 3.21. The van der Waals surface area contributed by atoms with Gasteiger partial charge in [-0.2, -0.15) is 13.5 Å². The summed E-state index contributed by atoms with van der Waals surface area (Å²) in [6.07, 6.45) is 3.36. The fourth-order valence-corrected chi connectivity index (χ4v) is 3.96. The monoisotopic (exact) mass is 473 g/mol. The summed E-state index contributed by atoms with van der Waals surface area (Å²) in [4.78, 5) is 29.3. The van der Waals surface area contributed by atoms with Crippen LogP contribution in [0.5, 0.6) is 0 Å². The maximum absolute atomic E-state index is 14.5. The lowest BCUT2D eigenvalue weighted by Crippen LogP contribution is -2.41. The van der Waals surface area contributed by atoms with E-state index in [4.69, 9.17) is 0 Å². The number of carbonyl (C=O) groups is 1. The van der Waals surface area contributed by atoms with Crippen molar-refractivity contribution in [1.82, 2.24) is 14.9 Å². The van der Waals surface area contributed by atoms with Crippen LogP contribution in [0.1, 0.15) is 35.8 Å². The molecule has 3 heterocycles. The number of aromatic nitrogens is 3. The number of aryl methyl sites for hydroxylation is 1. The summed E-state index contributed by atoms with van der Waals surface area (Å²) in [5.41, 5.74) is -0.446. The molecule has 2 N–H and O–H groups in total. The Labute approximate surface area is 192 Å². The SMILES string of the molecule is O=C(CC1CCc2cnc(NCC(F)(F)c3cccc[n+]3[O-])c(=O)n21)NCc1ccccc1F. The summed E-state index contributed by atoms with van der Waals surface area (Å²) < 4.78 is 44.2. The molecule has 8 nitrogen and oxygen atoms in total. The van der Waals surface area contributed by atoms with Crippen LogP contribution < -0.4 is 20.9 Å². The summed E-state index contributed by atoms with van der Waals surface area (Å²) in [6, 6.07) is 9.26. The molecule has 2 aromatic heterocycles. The van der Waals surface area contributed by atoms with E-state index < -0.39 is 35.6 Å². The summed E-state index contributed by atoms with van der Waals surface area (Å²) in [6.45, 7) is -0.994. The van der Waals surface area contributed by atoms with Crippen LogP contribution in [0.2, 0.25) is 0 Å². The second-order valence-corrected chi connectivity index (χ2v) is 8.01. The molecule has 1 aliphatic heterocycles. The Morgan fingerprint density at radius 2 is 2.00 bits per heavy atom. The molecule has 4 rings (SSSR count). The van der Waals surface area contributed by atoms with Crippen molar-refractivity contribution < 1.29 is 22.7 Å². The molecule has 0 bridgehead atoms. The van der Waals surface area contributed by atoms with E-state index in [9.17, 15) is 28.0 Å². The number of nitrogens with zero attached hydrogens (tertiary/aromatic N) is 3. The van der Waals surface area contributed by atoms with Crippen LogP contribution >= 0.6 is 0 Å². The zero-order valence-electron chi connectivity index (χ0n) is 18.0. The van der Waals surface area contributed by atoms with Gasteiger partial charge in [-0.05, 0) is 25.0 Å². The number of nitrogens with one attached hydrogen (secondary N) is 2. The third kappa shape index (κ3) is 4.87. The first-order chi connectivity index (χ1) is 16.3. The molecule has 1 unspecified atom stereocenters. The van der Waals surface area contributed by atoms with Gasteiger partial charge < -0.3 is 20.4 Å². The van der Waals surface area contributed by atoms with Crippen LogP contribution in [0.3, 0.4) is 0 Å². The summed E-state index contributed by atoms with van der Waals surface area (Å²) in [5.74, 6) is -4.64. The molecule has 178 valence electrons. The Balaban J connectivity index is 1.44. The van der Waals surface area contributed by atoms with Gasteiger partial charge in [0, 0.05) is 48.6 Å². The number of hydrogen-bond donors (Lipinski definition) is 2. The zero-order chi connectivity index (χ0) is 24.3. The molecule has 1 aromatic carbocycles. The van der Waals surface area contributed by atoms with Crippen molar-refractivity contribution >= 4 is 11.7 Å². The van der Waals surface area contributed by atoms with Gasteiger partial charge in [0.2, 0.25) is 5.91 Å². The molecular formula is C23H22F3N5O3. The number of amides is 1. The van der Waals surface area contributed by atoms with Gasteiger partial charge in [0.1, 0.15) is 5.82 Å². The van der Waals surface area contributed by atoms with Crippen LogP contribution in [0, 0.1) is 11.0 Å². The van der Waals surface area contributed by atoms with Gasteiger partial charge in [-0.25, -0.2) is 9.37 Å². The molecule has 11 heteroatoms. The predicted molar refractivity (Wildman–Crippen MR) is 117 cm³/mol. The number of rotatable bonds is 8. The fourth-order valence-electron chi connectivity index (χ4n) is 3.96. The lowest BCUT2D eigenvalue weighted by molar-refractivity contribution is -0.624. The standard InChI is InChI=1S/C23H22F3N5O3/c24-18-6-2-1-5-15(18)12-27-20(32)11-16-8-9-17-13-28-21(22(33)31(16)17)29-14-23(25,26)19-7-3-4-10-30(19)34/h1-7,10,13,16H,8-9,11-12,14H2,(H,27,32)(H,28,29). The summed E-state index contributed by atoms with van der Waals surface area (Å²) in [5, 5.41) is 16.7. The summed E-state index contributed by atoms with van der Waals surface area (Å²) >= 11 is 0. The van der Waals surface area contributed by atoms with E-state index in [1.54, 1.807) is 18.2 Å². The molecule has 0 radical (unpaired) electrons. The number of carbonyl (C=O) groups excluding carboxylic acids is 1. The number of alkyl halides is 2. The Kier molecular flexibility index (Phi) is 6.53. The van der Waals surface area contributed by atoms with E-state index >= 15 is 0 Å². The number of fused-ring (bicyclic) bond motifs is 1. The molecule has 3 aromatic rings. The van der Waals surface area contributed by atoms with Gasteiger partial charge in [-0.1, -0.05) is 18.2 Å². The highest BCUT2D eigenvalue weighted by Gasteiger charge is 2.39. The van der Waals surface area contributed by atoms with Crippen molar-refractivity contribution in [1.29, 1.82) is 0 Å². The average molecular weight is 473 g/mol. The van der Waals surface area contributed by atoms with E-state index in [1.165, 1.54) is 29.0 Å². The predicted octanol–water partition coefficient (Wildman–Crippen LogP) is 2.41. The zero-order valence-corrected chi connectivity index (χ0v) is 18.0. The first-order valence-corrected chi connectivity index (χ1v) is 10.7. The highest BCUT2D eigenvalue weighted by molar-refractivity contribution is 5.76. The number of benzene rings is 1. The quantitative estimate of drug-likeness (QED) is 0.386. The molecular weight excluding hydrogens is 451 g/mol. The normalized spacial score (nSPS) is 15.1. The van der Waals surface area contributed by atoms with Gasteiger partial charge >= 0.3 is 5.92 Å². The minimum absolute atomic E-state index is 0.0113. The molecule has 34 heavy (non-hydrogen) atoms. The largest absolute Gasteiger partial charge is 0.618 e. The lowest BCUT2D eigenvalue weighted by atomic mass is 10.1. The third-order valence-electron chi connectivity index (χ3n) is 5.70. The highest BCUT2D eigenvalue weighted by Crippen LogP contribution is 2.28. The smallest absolute Gasteiger partial charge is 0.347 e. The number of halogens is 3.